The zero-order valence-corrected chi connectivity index (χ0v) is 14.5. The van der Waals surface area contributed by atoms with Crippen LogP contribution >= 0.6 is 0 Å². The standard InChI is InChI=1S/C16H23N5O5/c1-8(2)3-4-17-14-10-15(19-6-18-10)21(7-20-14)16-13(25)12(24)11(23)9(5-22)26-16/h3,6-7,9,11-13,16,22-25H,4-5H2,1-2H3,(H,18,19)/t9-,11-,12+,13-,16?/m1/s1. The molecule has 3 rings (SSSR count). The van der Waals surface area contributed by atoms with Gasteiger partial charge in [-0.1, -0.05) is 11.6 Å². The summed E-state index contributed by atoms with van der Waals surface area (Å²) in [6.07, 6.45) is -1.58. The maximum absolute atomic E-state index is 10.3. The zero-order chi connectivity index (χ0) is 18.8. The molecule has 0 aromatic carbocycles. The predicted octanol–water partition coefficient (Wildman–Crippen LogP) is -1.40. The molecule has 10 nitrogen and oxygen atoms in total. The van der Waals surface area contributed by atoms with Gasteiger partial charge in [-0.25, -0.2) is 9.97 Å². The molecular weight excluding hydrogens is 342 g/mol. The number of aromatic amines is 1. The van der Waals surface area contributed by atoms with Gasteiger partial charge in [0.25, 0.3) is 0 Å². The maximum atomic E-state index is 10.3. The van der Waals surface area contributed by atoms with E-state index in [1.807, 2.05) is 19.9 Å². The van der Waals surface area contributed by atoms with E-state index in [0.717, 1.165) is 5.57 Å². The number of H-pyrrole nitrogens is 1. The lowest BCUT2D eigenvalue weighted by Gasteiger charge is -2.40. The first-order valence-electron chi connectivity index (χ1n) is 8.28. The van der Waals surface area contributed by atoms with Gasteiger partial charge in [-0.05, 0) is 13.8 Å². The molecule has 142 valence electrons. The number of ether oxygens (including phenoxy) is 1. The second-order valence-corrected chi connectivity index (χ2v) is 6.42. The summed E-state index contributed by atoms with van der Waals surface area (Å²) in [6, 6.07) is 0. The van der Waals surface area contributed by atoms with Crippen molar-refractivity contribution in [1.29, 1.82) is 0 Å². The van der Waals surface area contributed by atoms with Crippen molar-refractivity contribution in [2.45, 2.75) is 44.5 Å². The van der Waals surface area contributed by atoms with Gasteiger partial charge >= 0.3 is 0 Å². The topological polar surface area (TPSA) is 149 Å². The lowest BCUT2D eigenvalue weighted by atomic mass is 9.98. The van der Waals surface area contributed by atoms with E-state index in [2.05, 4.69) is 19.9 Å². The Kier molecular flexibility index (Phi) is 5.49. The maximum Gasteiger partial charge on any atom is 0.177 e. The molecule has 3 heterocycles. The van der Waals surface area contributed by atoms with Gasteiger partial charge in [-0.3, -0.25) is 9.56 Å². The Bertz CT molecular complexity index is 854. The minimum Gasteiger partial charge on any atom is -0.394 e. The predicted molar refractivity (Wildman–Crippen MR) is 90.8 cm³/mol. The third kappa shape index (κ3) is 3.41. The van der Waals surface area contributed by atoms with Crippen LogP contribution in [0.5, 0.6) is 0 Å². The van der Waals surface area contributed by atoms with Gasteiger partial charge in [0.2, 0.25) is 0 Å². The quantitative estimate of drug-likeness (QED) is 0.418. The molecule has 2 aromatic rings. The summed E-state index contributed by atoms with van der Waals surface area (Å²) in [7, 11) is 0. The van der Waals surface area contributed by atoms with Gasteiger partial charge in [0.1, 0.15) is 36.3 Å². The lowest BCUT2D eigenvalue weighted by molar-refractivity contribution is -0.250. The van der Waals surface area contributed by atoms with E-state index in [0.29, 0.717) is 23.2 Å². The summed E-state index contributed by atoms with van der Waals surface area (Å²) in [4.78, 5) is 15.9. The Morgan fingerprint density at radius 2 is 2.04 bits per heavy atom. The molecule has 0 aliphatic carbocycles. The van der Waals surface area contributed by atoms with Crippen LogP contribution in [0.2, 0.25) is 0 Å². The lowest BCUT2D eigenvalue weighted by Crippen LogP contribution is -2.56. The van der Waals surface area contributed by atoms with E-state index < -0.39 is 37.3 Å². The molecule has 5 N–H and O–H groups in total. The van der Waals surface area contributed by atoms with Crippen LogP contribution in [0.15, 0.2) is 29.3 Å². The fraction of sp³-hybridized carbons (Fsp3) is 0.562. The van der Waals surface area contributed by atoms with E-state index in [1.165, 1.54) is 17.2 Å². The number of hydrogen-bond acceptors (Lipinski definition) is 8. The highest BCUT2D eigenvalue weighted by Crippen LogP contribution is 2.29. The number of nitrogens with zero attached hydrogens (tertiary/aromatic N) is 4. The third-order valence-electron chi connectivity index (χ3n) is 4.27. The second-order valence-electron chi connectivity index (χ2n) is 6.42. The number of aliphatic hydroxyl groups is 4. The zero-order valence-electron chi connectivity index (χ0n) is 14.5. The molecule has 26 heavy (non-hydrogen) atoms. The van der Waals surface area contributed by atoms with Crippen molar-refractivity contribution in [3.63, 3.8) is 0 Å². The van der Waals surface area contributed by atoms with Crippen LogP contribution in [0.1, 0.15) is 20.1 Å². The van der Waals surface area contributed by atoms with Gasteiger partial charge in [-0.15, -0.1) is 0 Å². The first-order chi connectivity index (χ1) is 12.4. The highest BCUT2D eigenvalue weighted by atomic mass is 16.6. The second kappa shape index (κ2) is 7.64. The number of imidazole rings is 1. The molecule has 0 amide bonds. The average molecular weight is 365 g/mol. The van der Waals surface area contributed by atoms with Crippen LogP contribution in [0.3, 0.4) is 0 Å². The largest absolute Gasteiger partial charge is 0.394 e. The molecule has 0 radical (unpaired) electrons. The van der Waals surface area contributed by atoms with Gasteiger partial charge in [-0.2, -0.15) is 0 Å². The molecule has 1 unspecified atom stereocenters. The van der Waals surface area contributed by atoms with E-state index in [9.17, 15) is 20.4 Å². The fourth-order valence-corrected chi connectivity index (χ4v) is 2.82. The number of aliphatic hydroxyl groups excluding tert-OH is 4. The van der Waals surface area contributed by atoms with E-state index in [4.69, 9.17) is 4.74 Å². The van der Waals surface area contributed by atoms with Crippen molar-refractivity contribution in [1.82, 2.24) is 19.5 Å². The number of hydrogen-bond donors (Lipinski definition) is 5. The van der Waals surface area contributed by atoms with Crippen LogP contribution in [-0.2, 0) is 4.74 Å². The normalized spacial score (nSPS) is 29.9. The first-order valence-corrected chi connectivity index (χ1v) is 8.28. The molecule has 5 atom stereocenters. The van der Waals surface area contributed by atoms with Crippen molar-refractivity contribution in [3.05, 3.63) is 29.8 Å². The SMILES string of the molecule is CC(C)=CCN=c1ncn(C2O[C@H](CO)[C@@H](O)[C@H](O)[C@H]2O)c2nc[nH]c12. The minimum atomic E-state index is -1.48. The van der Waals surface area contributed by atoms with E-state index in [-0.39, 0.29) is 0 Å². The van der Waals surface area contributed by atoms with Crippen molar-refractivity contribution in [2.75, 3.05) is 13.2 Å². The Hall–Kier alpha value is -2.11. The average Bonchev–Trinajstić information content (AvgIpc) is 3.10. The number of rotatable bonds is 4. The Morgan fingerprint density at radius 3 is 2.73 bits per heavy atom. The van der Waals surface area contributed by atoms with Crippen molar-refractivity contribution in [3.8, 4) is 0 Å². The molecule has 1 saturated heterocycles. The first kappa shape index (κ1) is 18.7. The van der Waals surface area contributed by atoms with Crippen LogP contribution in [0.25, 0.3) is 11.2 Å². The third-order valence-corrected chi connectivity index (χ3v) is 4.27. The summed E-state index contributed by atoms with van der Waals surface area (Å²) in [5.74, 6) is 0. The molecule has 2 aromatic heterocycles. The van der Waals surface area contributed by atoms with E-state index in [1.54, 1.807) is 0 Å². The Labute approximate surface area is 149 Å². The molecule has 1 aliphatic rings. The molecule has 0 spiro atoms. The molecule has 10 heteroatoms. The number of fused-ring (bicyclic) bond motifs is 1. The molecule has 0 saturated carbocycles. The van der Waals surface area contributed by atoms with Gasteiger partial charge in [0.05, 0.1) is 19.5 Å². The van der Waals surface area contributed by atoms with Crippen LogP contribution in [0.4, 0.5) is 0 Å². The molecule has 0 bridgehead atoms. The van der Waals surface area contributed by atoms with Crippen molar-refractivity contribution < 1.29 is 25.2 Å². The van der Waals surface area contributed by atoms with E-state index >= 15 is 0 Å². The molecular formula is C16H23N5O5. The highest BCUT2D eigenvalue weighted by Gasteiger charge is 2.44. The summed E-state index contributed by atoms with van der Waals surface area (Å²) in [5.41, 5.74) is 2.56. The van der Waals surface area contributed by atoms with Crippen molar-refractivity contribution in [2.24, 2.45) is 4.99 Å². The highest BCUT2D eigenvalue weighted by molar-refractivity contribution is 5.68. The molecule has 1 aliphatic heterocycles. The summed E-state index contributed by atoms with van der Waals surface area (Å²) in [6.45, 7) is 3.92. The van der Waals surface area contributed by atoms with Gasteiger partial charge in [0.15, 0.2) is 17.4 Å². The van der Waals surface area contributed by atoms with Crippen LogP contribution < -0.4 is 5.49 Å². The minimum absolute atomic E-state index is 0.417. The Balaban J connectivity index is 2.01. The Morgan fingerprint density at radius 1 is 1.27 bits per heavy atom. The number of allylic oxidation sites excluding steroid dienone is 1. The van der Waals surface area contributed by atoms with Crippen molar-refractivity contribution >= 4 is 11.2 Å². The number of aromatic nitrogens is 4. The summed E-state index contributed by atoms with van der Waals surface area (Å²) < 4.78 is 7.00. The summed E-state index contributed by atoms with van der Waals surface area (Å²) in [5, 5.41) is 39.6. The number of nitrogens with one attached hydrogen (secondary N) is 1. The van der Waals surface area contributed by atoms with Crippen LogP contribution in [-0.4, -0.2) is 77.5 Å². The van der Waals surface area contributed by atoms with Crippen LogP contribution in [0, 0.1) is 0 Å². The summed E-state index contributed by atoms with van der Waals surface area (Å²) >= 11 is 0. The molecule has 1 fully saturated rings. The smallest absolute Gasteiger partial charge is 0.177 e. The fourth-order valence-electron chi connectivity index (χ4n) is 2.82. The monoisotopic (exact) mass is 365 g/mol. The van der Waals surface area contributed by atoms with Gasteiger partial charge < -0.3 is 30.1 Å². The van der Waals surface area contributed by atoms with Gasteiger partial charge in [0, 0.05) is 0 Å².